The van der Waals surface area contributed by atoms with Gasteiger partial charge < -0.3 is 33.6 Å². The van der Waals surface area contributed by atoms with Crippen LogP contribution in [0.3, 0.4) is 0 Å². The number of rotatable bonds is 16. The van der Waals surface area contributed by atoms with Crippen LogP contribution in [-0.4, -0.2) is 35.2 Å². The number of methoxy groups -OCH3 is 4. The Bertz CT molecular complexity index is 2930. The van der Waals surface area contributed by atoms with Crippen LogP contribution in [0.2, 0.25) is 0 Å². The fourth-order valence-electron chi connectivity index (χ4n) is 10.4. The quantitative estimate of drug-likeness (QED) is 0.0894. The summed E-state index contributed by atoms with van der Waals surface area (Å²) in [5.74, 6) is 3.19. The molecule has 0 saturated heterocycles. The predicted molar refractivity (Wildman–Crippen MR) is 303 cm³/mol. The van der Waals surface area contributed by atoms with E-state index in [1.54, 1.807) is 28.4 Å². The van der Waals surface area contributed by atoms with Gasteiger partial charge in [0.25, 0.3) is 0 Å². The van der Waals surface area contributed by atoms with Gasteiger partial charge in [0.05, 0.1) is 28.4 Å². The number of hydrogen-bond acceptors (Lipinski definition) is 7. The Kier molecular flexibility index (Phi) is 14.4. The molecule has 0 fully saturated rings. The van der Waals surface area contributed by atoms with E-state index < -0.39 is 0 Å². The van der Waals surface area contributed by atoms with Crippen LogP contribution in [0.15, 0.2) is 194 Å². The van der Waals surface area contributed by atoms with Gasteiger partial charge >= 0.3 is 0 Å². The third-order valence-corrected chi connectivity index (χ3v) is 13.6. The molecular formula is C64H62BN3O4. The van der Waals surface area contributed by atoms with E-state index in [0.29, 0.717) is 0 Å². The molecule has 0 unspecified atom stereocenters. The lowest BCUT2D eigenvalue weighted by atomic mass is 9.34. The van der Waals surface area contributed by atoms with Crippen LogP contribution in [0.4, 0.5) is 51.2 Å². The Labute approximate surface area is 426 Å². The molecule has 9 aromatic carbocycles. The second-order valence-corrected chi connectivity index (χ2v) is 18.5. The molecule has 0 saturated carbocycles. The largest absolute Gasteiger partial charge is 0.497 e. The summed E-state index contributed by atoms with van der Waals surface area (Å²) in [5.41, 5.74) is 20.8. The molecule has 0 amide bonds. The molecule has 0 atom stereocenters. The lowest BCUT2D eigenvalue weighted by Gasteiger charge is -2.30. The molecule has 7 nitrogen and oxygen atoms in total. The molecule has 8 heteroatoms. The highest BCUT2D eigenvalue weighted by Crippen LogP contribution is 2.42. The van der Waals surface area contributed by atoms with Crippen LogP contribution >= 0.6 is 0 Å². The molecule has 0 aliphatic carbocycles. The minimum Gasteiger partial charge on any atom is -0.497 e. The summed E-state index contributed by atoms with van der Waals surface area (Å²) in [7, 11) is 6.76. The summed E-state index contributed by atoms with van der Waals surface area (Å²) in [6, 6.07) is 68.7. The Balaban J connectivity index is 1.17. The Hall–Kier alpha value is -8.36. The van der Waals surface area contributed by atoms with Crippen LogP contribution in [0.1, 0.15) is 33.4 Å². The zero-order valence-electron chi connectivity index (χ0n) is 43.0. The maximum Gasteiger partial charge on any atom is 0.242 e. The van der Waals surface area contributed by atoms with Crippen LogP contribution in [0, 0.1) is 41.5 Å². The first-order chi connectivity index (χ1) is 35.0. The number of benzene rings is 9. The predicted octanol–water partition coefficient (Wildman–Crippen LogP) is 14.5. The molecular weight excluding hydrogens is 886 g/mol. The van der Waals surface area contributed by atoms with E-state index in [1.165, 1.54) is 49.8 Å². The highest BCUT2D eigenvalue weighted by molar-refractivity contribution is 6.96. The van der Waals surface area contributed by atoms with Gasteiger partial charge in [-0.2, -0.15) is 0 Å². The van der Waals surface area contributed by atoms with Crippen molar-refractivity contribution in [2.24, 2.45) is 0 Å². The van der Waals surface area contributed by atoms with Crippen molar-refractivity contribution in [2.45, 2.75) is 41.5 Å². The Morgan fingerprint density at radius 1 is 0.264 bits per heavy atom. The molecule has 0 N–H and O–H groups in total. The number of anilines is 9. The number of nitrogens with zero attached hydrogens (tertiary/aromatic N) is 3. The van der Waals surface area contributed by atoms with Crippen molar-refractivity contribution in [3.8, 4) is 23.0 Å². The van der Waals surface area contributed by atoms with Gasteiger partial charge in [-0.05, 0) is 199 Å². The average Bonchev–Trinajstić information content (AvgIpc) is 3.40. The lowest BCUT2D eigenvalue weighted by molar-refractivity contribution is 0.414. The molecule has 0 radical (unpaired) electrons. The monoisotopic (exact) mass is 947 g/mol. The highest BCUT2D eigenvalue weighted by atomic mass is 16.5. The van der Waals surface area contributed by atoms with Crippen molar-refractivity contribution >= 4 is 74.3 Å². The first-order valence-electron chi connectivity index (χ1n) is 24.4. The van der Waals surface area contributed by atoms with Crippen molar-refractivity contribution in [3.05, 3.63) is 228 Å². The summed E-state index contributed by atoms with van der Waals surface area (Å²) in [5, 5.41) is 0. The van der Waals surface area contributed by atoms with Crippen molar-refractivity contribution < 1.29 is 18.9 Å². The topological polar surface area (TPSA) is 46.6 Å². The van der Waals surface area contributed by atoms with E-state index in [1.807, 2.05) is 48.5 Å². The first kappa shape index (κ1) is 48.7. The van der Waals surface area contributed by atoms with Gasteiger partial charge in [0, 0.05) is 51.2 Å². The number of hydrogen-bond donors (Lipinski definition) is 0. The molecule has 0 aliphatic heterocycles. The van der Waals surface area contributed by atoms with Crippen LogP contribution in [0.5, 0.6) is 23.0 Å². The van der Waals surface area contributed by atoms with Crippen LogP contribution in [0.25, 0.3) is 0 Å². The van der Waals surface area contributed by atoms with E-state index in [0.717, 1.165) is 74.2 Å². The van der Waals surface area contributed by atoms with E-state index >= 15 is 0 Å². The molecule has 72 heavy (non-hydrogen) atoms. The van der Waals surface area contributed by atoms with Crippen molar-refractivity contribution in [3.63, 3.8) is 0 Å². The summed E-state index contributed by atoms with van der Waals surface area (Å²) < 4.78 is 22.2. The maximum absolute atomic E-state index is 5.54. The molecule has 0 spiro atoms. The van der Waals surface area contributed by atoms with Gasteiger partial charge in [-0.1, -0.05) is 86.2 Å². The molecule has 360 valence electrons. The minimum absolute atomic E-state index is 0.0519. The van der Waals surface area contributed by atoms with Gasteiger partial charge in [-0.15, -0.1) is 0 Å². The van der Waals surface area contributed by atoms with E-state index in [9.17, 15) is 0 Å². The average molecular weight is 948 g/mol. The summed E-state index contributed by atoms with van der Waals surface area (Å²) in [6.45, 7) is 13.5. The Morgan fingerprint density at radius 3 is 0.639 bits per heavy atom. The minimum atomic E-state index is 0.0519. The van der Waals surface area contributed by atoms with Crippen molar-refractivity contribution in [1.82, 2.24) is 0 Å². The van der Waals surface area contributed by atoms with Crippen molar-refractivity contribution in [1.29, 1.82) is 0 Å². The van der Waals surface area contributed by atoms with Gasteiger partial charge in [0.15, 0.2) is 0 Å². The van der Waals surface area contributed by atoms with Crippen molar-refractivity contribution in [2.75, 3.05) is 43.1 Å². The van der Waals surface area contributed by atoms with E-state index in [2.05, 4.69) is 202 Å². The highest BCUT2D eigenvalue weighted by Gasteiger charge is 2.29. The molecule has 9 rings (SSSR count). The molecule has 0 aromatic heterocycles. The second kappa shape index (κ2) is 21.3. The number of ether oxygens (including phenoxy) is 4. The molecule has 0 bridgehead atoms. The van der Waals surface area contributed by atoms with E-state index in [-0.39, 0.29) is 6.71 Å². The van der Waals surface area contributed by atoms with Gasteiger partial charge in [-0.3, -0.25) is 0 Å². The van der Waals surface area contributed by atoms with Gasteiger partial charge in [0.2, 0.25) is 6.71 Å². The molecule has 0 aliphatic rings. The SMILES string of the molecule is COc1ccc(N(c2ccc(OC)cc2)c2ccc(N(c3ccc(B(c4c(C)cc(C)cc4C)c4c(C)cc(C)cc4C)cc3)c3ccc(N(c4ccc(OC)cc4)c4ccc(OC)cc4)cc3)cc2)cc1. The van der Waals surface area contributed by atoms with Gasteiger partial charge in [-0.25, -0.2) is 0 Å². The van der Waals surface area contributed by atoms with E-state index in [4.69, 9.17) is 18.9 Å². The van der Waals surface area contributed by atoms with Crippen LogP contribution in [-0.2, 0) is 0 Å². The normalized spacial score (nSPS) is 10.9. The fourth-order valence-corrected chi connectivity index (χ4v) is 10.4. The standard InChI is InChI=1S/C64H62BN3O4/c1-43-39-45(3)63(46(4)40-43)65(64-47(5)41-44(2)42-48(64)6)49-11-13-50(14-12-49)66(51-15-19-53(20-16-51)67(55-23-31-59(69-7)32-24-55)56-25-33-60(70-8)34-26-56)52-17-21-54(22-18-52)68(57-27-35-61(71-9)36-28-57)58-29-37-62(72-10)38-30-58/h11-42H,1-10H3. The maximum atomic E-state index is 5.54. The third-order valence-electron chi connectivity index (χ3n) is 13.6. The van der Waals surface area contributed by atoms with Gasteiger partial charge in [0.1, 0.15) is 23.0 Å². The zero-order valence-corrected chi connectivity index (χ0v) is 43.0. The summed E-state index contributed by atoms with van der Waals surface area (Å²) >= 11 is 0. The van der Waals surface area contributed by atoms with Crippen LogP contribution < -0.4 is 50.0 Å². The third kappa shape index (κ3) is 10.1. The zero-order chi connectivity index (χ0) is 50.5. The molecule has 9 aromatic rings. The summed E-state index contributed by atoms with van der Waals surface area (Å²) in [4.78, 5) is 6.83. The number of aryl methyl sites for hydroxylation is 6. The Morgan fingerprint density at radius 2 is 0.444 bits per heavy atom. The molecule has 0 heterocycles. The lowest BCUT2D eigenvalue weighted by Crippen LogP contribution is -2.55. The first-order valence-corrected chi connectivity index (χ1v) is 24.4. The summed E-state index contributed by atoms with van der Waals surface area (Å²) in [6.07, 6.45) is 0. The fraction of sp³-hybridized carbons (Fsp3) is 0.156. The second-order valence-electron chi connectivity index (χ2n) is 18.5. The smallest absolute Gasteiger partial charge is 0.242 e.